The number of aliphatic hydroxyl groups is 1. The van der Waals surface area contributed by atoms with Gasteiger partial charge in [0.1, 0.15) is 6.61 Å². The molecule has 2 N–H and O–H groups in total. The molecule has 11 heavy (non-hydrogen) atoms. The van der Waals surface area contributed by atoms with Crippen LogP contribution in [-0.2, 0) is 9.53 Å². The van der Waals surface area contributed by atoms with Crippen LogP contribution in [0.15, 0.2) is 12.3 Å². The summed E-state index contributed by atoms with van der Waals surface area (Å²) in [5.41, 5.74) is -0.0760. The number of amides is 1. The molecule has 0 aliphatic rings. The molecule has 0 saturated carbocycles. The molecule has 0 aromatic rings. The Labute approximate surface area is 63.7 Å². The van der Waals surface area contributed by atoms with Crippen LogP contribution >= 0.6 is 0 Å². The smallest absolute Gasteiger partial charge is 0.411 e. The van der Waals surface area contributed by atoms with Crippen molar-refractivity contribution >= 4 is 12.4 Å². The summed E-state index contributed by atoms with van der Waals surface area (Å²) >= 11 is 0. The van der Waals surface area contributed by atoms with Crippen molar-refractivity contribution in [2.24, 2.45) is 0 Å². The molecule has 0 aliphatic heterocycles. The first-order valence-corrected chi connectivity index (χ1v) is 2.89. The molecule has 62 valence electrons. The predicted octanol–water partition coefficient (Wildman–Crippen LogP) is -0.583. The summed E-state index contributed by atoms with van der Waals surface area (Å²) < 4.78 is 4.34. The van der Waals surface area contributed by atoms with E-state index in [9.17, 15) is 9.59 Å². The van der Waals surface area contributed by atoms with Gasteiger partial charge < -0.3 is 9.84 Å². The fourth-order valence-corrected chi connectivity index (χ4v) is 0.335. The summed E-state index contributed by atoms with van der Waals surface area (Å²) in [6.07, 6.45) is -0.406. The van der Waals surface area contributed by atoms with Crippen molar-refractivity contribution in [2.75, 3.05) is 13.2 Å². The molecule has 0 atom stereocenters. The molecule has 5 nitrogen and oxygen atoms in total. The van der Waals surface area contributed by atoms with Crippen molar-refractivity contribution in [3.05, 3.63) is 12.3 Å². The Bertz CT molecular complexity index is 166. The lowest BCUT2D eigenvalue weighted by Gasteiger charge is -2.02. The third kappa shape index (κ3) is 5.10. The molecule has 0 unspecified atom stereocenters. The van der Waals surface area contributed by atoms with E-state index in [1.165, 1.54) is 0 Å². The highest BCUT2D eigenvalue weighted by molar-refractivity contribution is 5.81. The van der Waals surface area contributed by atoms with Crippen molar-refractivity contribution in [1.29, 1.82) is 0 Å². The Balaban J connectivity index is 3.52. The van der Waals surface area contributed by atoms with Gasteiger partial charge in [0.2, 0.25) is 0 Å². The minimum Gasteiger partial charge on any atom is -0.447 e. The Hall–Kier alpha value is -1.36. The number of aliphatic hydroxyl groups excluding tert-OH is 1. The maximum Gasteiger partial charge on any atom is 0.411 e. The highest BCUT2D eigenvalue weighted by atomic mass is 16.6. The van der Waals surface area contributed by atoms with E-state index in [1.807, 2.05) is 5.32 Å². The molecule has 5 heteroatoms. The van der Waals surface area contributed by atoms with Crippen LogP contribution in [0.5, 0.6) is 0 Å². The second-order valence-corrected chi connectivity index (χ2v) is 1.63. The van der Waals surface area contributed by atoms with Crippen molar-refractivity contribution in [3.63, 3.8) is 0 Å². The Kier molecular flexibility index (Phi) is 4.76. The lowest BCUT2D eigenvalue weighted by atomic mass is 10.5. The first-order chi connectivity index (χ1) is 5.20. The molecule has 0 radical (unpaired) electrons. The van der Waals surface area contributed by atoms with Crippen LogP contribution < -0.4 is 5.32 Å². The lowest BCUT2D eigenvalue weighted by molar-refractivity contribution is -0.105. The summed E-state index contributed by atoms with van der Waals surface area (Å²) in [6, 6.07) is 0. The van der Waals surface area contributed by atoms with Crippen LogP contribution in [0.3, 0.4) is 0 Å². The van der Waals surface area contributed by atoms with Crippen molar-refractivity contribution < 1.29 is 19.4 Å². The number of allylic oxidation sites excluding steroid dienone is 1. The molecule has 0 rings (SSSR count). The van der Waals surface area contributed by atoms with Gasteiger partial charge in [-0.1, -0.05) is 6.58 Å². The zero-order chi connectivity index (χ0) is 8.69. The van der Waals surface area contributed by atoms with Crippen LogP contribution in [0.25, 0.3) is 0 Å². The zero-order valence-corrected chi connectivity index (χ0v) is 5.87. The van der Waals surface area contributed by atoms with Gasteiger partial charge in [0, 0.05) is 0 Å². The second-order valence-electron chi connectivity index (χ2n) is 1.63. The van der Waals surface area contributed by atoms with Gasteiger partial charge in [-0.25, -0.2) is 4.79 Å². The van der Waals surface area contributed by atoms with Gasteiger partial charge in [0.05, 0.1) is 12.3 Å². The van der Waals surface area contributed by atoms with Gasteiger partial charge >= 0.3 is 6.09 Å². The maximum atomic E-state index is 10.5. The SMILES string of the molecule is C=C(C=O)NC(=O)OCCO. The molecular weight excluding hydrogens is 150 g/mol. The minimum atomic E-state index is -0.795. The Morgan fingerprint density at radius 1 is 1.73 bits per heavy atom. The van der Waals surface area contributed by atoms with Crippen LogP contribution in [0.2, 0.25) is 0 Å². The average Bonchev–Trinajstić information content (AvgIpc) is 2.00. The monoisotopic (exact) mass is 159 g/mol. The summed E-state index contributed by atoms with van der Waals surface area (Å²) in [5, 5.41) is 10.2. The molecular formula is C6H9NO4. The van der Waals surface area contributed by atoms with Gasteiger partial charge in [-0.2, -0.15) is 0 Å². The third-order valence-corrected chi connectivity index (χ3v) is 0.729. The molecule has 0 bridgehead atoms. The van der Waals surface area contributed by atoms with Crippen molar-refractivity contribution in [3.8, 4) is 0 Å². The lowest BCUT2D eigenvalue weighted by Crippen LogP contribution is -2.24. The van der Waals surface area contributed by atoms with Gasteiger partial charge in [-0.3, -0.25) is 10.1 Å². The Morgan fingerprint density at radius 2 is 2.36 bits per heavy atom. The predicted molar refractivity (Wildman–Crippen MR) is 36.8 cm³/mol. The van der Waals surface area contributed by atoms with E-state index < -0.39 is 6.09 Å². The number of hydrogen-bond donors (Lipinski definition) is 2. The minimum absolute atomic E-state index is 0.0760. The average molecular weight is 159 g/mol. The van der Waals surface area contributed by atoms with E-state index in [0.717, 1.165) is 0 Å². The first-order valence-electron chi connectivity index (χ1n) is 2.89. The highest BCUT2D eigenvalue weighted by Gasteiger charge is 2.00. The standard InChI is InChI=1S/C6H9NO4/c1-5(4-9)7-6(10)11-3-2-8/h4,8H,1-3H2,(H,7,10). The van der Waals surface area contributed by atoms with Gasteiger partial charge in [0.25, 0.3) is 0 Å². The van der Waals surface area contributed by atoms with E-state index in [2.05, 4.69) is 11.3 Å². The van der Waals surface area contributed by atoms with Crippen molar-refractivity contribution in [1.82, 2.24) is 5.32 Å². The number of nitrogens with one attached hydrogen (secondary N) is 1. The summed E-state index contributed by atoms with van der Waals surface area (Å²) in [7, 11) is 0. The molecule has 0 aromatic carbocycles. The van der Waals surface area contributed by atoms with Crippen molar-refractivity contribution in [2.45, 2.75) is 0 Å². The Morgan fingerprint density at radius 3 is 2.82 bits per heavy atom. The van der Waals surface area contributed by atoms with Crippen LogP contribution in [-0.4, -0.2) is 30.7 Å². The van der Waals surface area contributed by atoms with Crippen LogP contribution in [0, 0.1) is 0 Å². The molecule has 1 amide bonds. The molecule has 0 heterocycles. The largest absolute Gasteiger partial charge is 0.447 e. The van der Waals surface area contributed by atoms with Gasteiger partial charge in [-0.15, -0.1) is 0 Å². The number of hydrogen-bond acceptors (Lipinski definition) is 4. The fraction of sp³-hybridized carbons (Fsp3) is 0.333. The number of rotatable bonds is 4. The molecule has 0 aromatic heterocycles. The summed E-state index contributed by atoms with van der Waals surface area (Å²) in [4.78, 5) is 20.4. The normalized spacial score (nSPS) is 8.45. The van der Waals surface area contributed by atoms with E-state index in [0.29, 0.717) is 6.29 Å². The quantitative estimate of drug-likeness (QED) is 0.425. The van der Waals surface area contributed by atoms with E-state index >= 15 is 0 Å². The van der Waals surface area contributed by atoms with E-state index in [1.54, 1.807) is 0 Å². The van der Waals surface area contributed by atoms with E-state index in [4.69, 9.17) is 5.11 Å². The zero-order valence-electron chi connectivity index (χ0n) is 5.87. The second kappa shape index (κ2) is 5.43. The van der Waals surface area contributed by atoms with Crippen LogP contribution in [0.4, 0.5) is 4.79 Å². The van der Waals surface area contributed by atoms with Crippen LogP contribution in [0.1, 0.15) is 0 Å². The summed E-state index contributed by atoms with van der Waals surface area (Å²) in [6.45, 7) is 2.83. The summed E-state index contributed by atoms with van der Waals surface area (Å²) in [5.74, 6) is 0. The highest BCUT2D eigenvalue weighted by Crippen LogP contribution is 1.80. The fourth-order valence-electron chi connectivity index (χ4n) is 0.335. The first kappa shape index (κ1) is 9.64. The third-order valence-electron chi connectivity index (χ3n) is 0.729. The molecule has 0 aliphatic carbocycles. The maximum absolute atomic E-state index is 10.5. The number of carbonyl (C=O) groups is 2. The van der Waals surface area contributed by atoms with Gasteiger partial charge in [0.15, 0.2) is 6.29 Å². The number of aldehydes is 1. The van der Waals surface area contributed by atoms with Gasteiger partial charge in [-0.05, 0) is 0 Å². The topological polar surface area (TPSA) is 75.6 Å². The number of carbonyl (C=O) groups excluding carboxylic acids is 2. The number of ether oxygens (including phenoxy) is 1. The molecule has 0 fully saturated rings. The van der Waals surface area contributed by atoms with E-state index in [-0.39, 0.29) is 18.9 Å². The molecule has 0 spiro atoms. The molecule has 0 saturated heterocycles. The number of alkyl carbamates (subject to hydrolysis) is 1.